The highest BCUT2D eigenvalue weighted by Crippen LogP contribution is 2.35. The zero-order chi connectivity index (χ0) is 28.6. The van der Waals surface area contributed by atoms with E-state index in [1.807, 2.05) is 43.3 Å². The maximum Gasteiger partial charge on any atom is 0.262 e. The molecule has 12 heteroatoms. The van der Waals surface area contributed by atoms with E-state index < -0.39 is 10.0 Å². The SMILES string of the molecule is CCCC(C)c1nn(-c2c(Cl)cc(S(N)(=O)=O)cc2Cl)c2nc(Cc3ccc(-c4cccnc4)cc3)[nH]c(=O)c12. The van der Waals surface area contributed by atoms with E-state index in [0.29, 0.717) is 23.3 Å². The van der Waals surface area contributed by atoms with Crippen LogP contribution in [0, 0.1) is 0 Å². The number of fused-ring (bicyclic) bond motifs is 1. The third-order valence-corrected chi connectivity index (χ3v) is 8.12. The summed E-state index contributed by atoms with van der Waals surface area (Å²) in [5.74, 6) is 0.375. The second kappa shape index (κ2) is 11.1. The van der Waals surface area contributed by atoms with Gasteiger partial charge in [-0.1, -0.05) is 73.8 Å². The molecule has 40 heavy (non-hydrogen) atoms. The van der Waals surface area contributed by atoms with Gasteiger partial charge in [-0.15, -0.1) is 0 Å². The smallest absolute Gasteiger partial charge is 0.262 e. The third-order valence-electron chi connectivity index (χ3n) is 6.65. The lowest BCUT2D eigenvalue weighted by Crippen LogP contribution is -2.14. The molecule has 3 aromatic heterocycles. The Bertz CT molecular complexity index is 1850. The fraction of sp³-hybridized carbons (Fsp3) is 0.214. The van der Waals surface area contributed by atoms with E-state index in [9.17, 15) is 13.2 Å². The van der Waals surface area contributed by atoms with Crippen molar-refractivity contribution >= 4 is 44.3 Å². The molecule has 5 rings (SSSR count). The molecule has 0 aliphatic heterocycles. The molecule has 3 N–H and O–H groups in total. The molecule has 0 bridgehead atoms. The minimum atomic E-state index is -4.05. The van der Waals surface area contributed by atoms with Gasteiger partial charge in [0.15, 0.2) is 5.65 Å². The highest BCUT2D eigenvalue weighted by molar-refractivity contribution is 7.89. The van der Waals surface area contributed by atoms with Crippen LogP contribution in [-0.4, -0.2) is 33.2 Å². The van der Waals surface area contributed by atoms with Gasteiger partial charge in [-0.05, 0) is 41.3 Å². The molecule has 0 aliphatic carbocycles. The average molecular weight is 598 g/mol. The van der Waals surface area contributed by atoms with Crippen molar-refractivity contribution in [3.63, 3.8) is 0 Å². The van der Waals surface area contributed by atoms with Gasteiger partial charge in [-0.25, -0.2) is 23.2 Å². The van der Waals surface area contributed by atoms with Crippen LogP contribution in [0.4, 0.5) is 0 Å². The standard InChI is InChI=1S/C28H26Cl2N6O3S/c1-3-5-16(2)25-24-27(36(35-25)26-21(29)13-20(14-22(26)30)40(31,38)39)33-23(34-28(24)37)12-17-7-9-18(10-8-17)19-6-4-11-32-15-19/h4,6-11,13-16H,3,5,12H2,1-2H3,(H2,31,38,39)(H,33,34,37). The summed E-state index contributed by atoms with van der Waals surface area (Å²) in [4.78, 5) is 25.1. The van der Waals surface area contributed by atoms with E-state index >= 15 is 0 Å². The van der Waals surface area contributed by atoms with Crippen LogP contribution < -0.4 is 10.7 Å². The quantitative estimate of drug-likeness (QED) is 0.238. The Hall–Kier alpha value is -3.57. The predicted molar refractivity (Wildman–Crippen MR) is 157 cm³/mol. The highest BCUT2D eigenvalue weighted by atomic mass is 35.5. The van der Waals surface area contributed by atoms with Gasteiger partial charge in [0.1, 0.15) is 16.9 Å². The highest BCUT2D eigenvalue weighted by Gasteiger charge is 2.25. The van der Waals surface area contributed by atoms with Gasteiger partial charge in [-0.3, -0.25) is 9.78 Å². The number of nitrogens with two attached hydrogens (primary N) is 1. The molecule has 0 amide bonds. The van der Waals surface area contributed by atoms with Crippen molar-refractivity contribution in [2.75, 3.05) is 0 Å². The number of H-pyrrole nitrogens is 1. The number of nitrogens with one attached hydrogen (secondary N) is 1. The number of pyridine rings is 1. The van der Waals surface area contributed by atoms with Gasteiger partial charge in [-0.2, -0.15) is 5.10 Å². The third kappa shape index (κ3) is 5.53. The Morgan fingerprint density at radius 1 is 1.07 bits per heavy atom. The number of aromatic amines is 1. The zero-order valence-corrected chi connectivity index (χ0v) is 24.1. The van der Waals surface area contributed by atoms with E-state index in [1.54, 1.807) is 12.4 Å². The Morgan fingerprint density at radius 3 is 2.38 bits per heavy atom. The molecule has 2 aromatic carbocycles. The predicted octanol–water partition coefficient (Wildman–Crippen LogP) is 5.62. The van der Waals surface area contributed by atoms with Crippen LogP contribution in [0.15, 0.2) is 70.6 Å². The van der Waals surface area contributed by atoms with Crippen LogP contribution in [0.5, 0.6) is 0 Å². The lowest BCUT2D eigenvalue weighted by atomic mass is 10.0. The minimum absolute atomic E-state index is 0.00485. The first kappa shape index (κ1) is 28.0. The summed E-state index contributed by atoms with van der Waals surface area (Å²) in [7, 11) is -4.05. The number of sulfonamides is 1. The fourth-order valence-corrected chi connectivity index (χ4v) is 6.04. The minimum Gasteiger partial charge on any atom is -0.310 e. The maximum absolute atomic E-state index is 13.4. The lowest BCUT2D eigenvalue weighted by Gasteiger charge is -2.11. The number of halogens is 2. The monoisotopic (exact) mass is 596 g/mol. The van der Waals surface area contributed by atoms with Gasteiger partial charge >= 0.3 is 0 Å². The van der Waals surface area contributed by atoms with Crippen LogP contribution in [-0.2, 0) is 16.4 Å². The molecular weight excluding hydrogens is 571 g/mol. The summed E-state index contributed by atoms with van der Waals surface area (Å²) in [6, 6.07) is 14.2. The average Bonchev–Trinajstić information content (AvgIpc) is 3.29. The summed E-state index contributed by atoms with van der Waals surface area (Å²) in [6.45, 7) is 4.04. The van der Waals surface area contributed by atoms with Gasteiger partial charge in [0, 0.05) is 24.7 Å². The second-order valence-corrected chi connectivity index (χ2v) is 12.0. The van der Waals surface area contributed by atoms with Crippen molar-refractivity contribution < 1.29 is 8.42 Å². The first-order valence-corrected chi connectivity index (χ1v) is 14.9. The number of hydrogen-bond donors (Lipinski definition) is 2. The molecule has 0 fully saturated rings. The van der Waals surface area contributed by atoms with E-state index in [-0.39, 0.29) is 37.8 Å². The molecule has 0 saturated heterocycles. The molecule has 206 valence electrons. The van der Waals surface area contributed by atoms with Crippen molar-refractivity contribution in [1.82, 2.24) is 24.7 Å². The van der Waals surface area contributed by atoms with Crippen molar-refractivity contribution in [1.29, 1.82) is 0 Å². The van der Waals surface area contributed by atoms with Crippen molar-refractivity contribution in [2.45, 2.75) is 43.9 Å². The largest absolute Gasteiger partial charge is 0.310 e. The molecule has 1 unspecified atom stereocenters. The van der Waals surface area contributed by atoms with Crippen molar-refractivity contribution in [2.24, 2.45) is 5.14 Å². The number of hydrogen-bond acceptors (Lipinski definition) is 6. The van der Waals surface area contributed by atoms with Crippen molar-refractivity contribution in [3.05, 3.63) is 98.4 Å². The van der Waals surface area contributed by atoms with Crippen LogP contribution in [0.1, 0.15) is 49.7 Å². The molecule has 0 radical (unpaired) electrons. The van der Waals surface area contributed by atoms with E-state index in [4.69, 9.17) is 38.4 Å². The normalized spacial score (nSPS) is 12.6. The Balaban J connectivity index is 1.63. The Morgan fingerprint density at radius 2 is 1.77 bits per heavy atom. The molecule has 0 aliphatic rings. The number of nitrogens with zero attached hydrogens (tertiary/aromatic N) is 4. The summed E-state index contributed by atoms with van der Waals surface area (Å²) in [5.41, 5.74) is 3.67. The van der Waals surface area contributed by atoms with E-state index in [0.717, 1.165) is 29.5 Å². The number of benzene rings is 2. The first-order chi connectivity index (χ1) is 19.1. The summed E-state index contributed by atoms with van der Waals surface area (Å²) < 4.78 is 25.2. The van der Waals surface area contributed by atoms with Crippen molar-refractivity contribution in [3.8, 4) is 16.8 Å². The van der Waals surface area contributed by atoms with Gasteiger partial charge in [0.2, 0.25) is 10.0 Å². The lowest BCUT2D eigenvalue weighted by molar-refractivity contribution is 0.597. The summed E-state index contributed by atoms with van der Waals surface area (Å²) in [5, 5.41) is 10.3. The van der Waals surface area contributed by atoms with E-state index in [1.165, 1.54) is 16.8 Å². The molecule has 3 heterocycles. The van der Waals surface area contributed by atoms with Gasteiger partial charge < -0.3 is 4.98 Å². The van der Waals surface area contributed by atoms with Crippen LogP contribution in [0.3, 0.4) is 0 Å². The molecular formula is C28H26Cl2N6O3S. The molecule has 9 nitrogen and oxygen atoms in total. The van der Waals surface area contributed by atoms with Crippen LogP contribution >= 0.6 is 23.2 Å². The van der Waals surface area contributed by atoms with E-state index in [2.05, 4.69) is 16.9 Å². The van der Waals surface area contributed by atoms with Crippen LogP contribution in [0.2, 0.25) is 10.0 Å². The number of primary sulfonamides is 1. The Labute approximate surface area is 241 Å². The summed E-state index contributed by atoms with van der Waals surface area (Å²) in [6.07, 6.45) is 5.56. The van der Waals surface area contributed by atoms with Gasteiger partial charge in [0.05, 0.1) is 20.6 Å². The maximum atomic E-state index is 13.4. The first-order valence-electron chi connectivity index (χ1n) is 12.6. The van der Waals surface area contributed by atoms with Crippen LogP contribution in [0.25, 0.3) is 27.8 Å². The number of aromatic nitrogens is 5. The fourth-order valence-electron chi connectivity index (χ4n) is 4.70. The number of rotatable bonds is 8. The molecule has 5 aromatic rings. The molecule has 1 atom stereocenters. The topological polar surface area (TPSA) is 137 Å². The molecule has 0 spiro atoms. The molecule has 0 saturated carbocycles. The van der Waals surface area contributed by atoms with Gasteiger partial charge in [0.25, 0.3) is 5.56 Å². The Kier molecular flexibility index (Phi) is 7.78. The second-order valence-electron chi connectivity index (χ2n) is 9.59. The zero-order valence-electron chi connectivity index (χ0n) is 21.7. The summed E-state index contributed by atoms with van der Waals surface area (Å²) >= 11 is 13.0.